The molecule has 0 aliphatic carbocycles. The van der Waals surface area contributed by atoms with Crippen LogP contribution in [-0.2, 0) is 4.79 Å². The fraction of sp³-hybridized carbons (Fsp3) is 0.263. The number of carbonyl (C=O) groups is 2. The van der Waals surface area contributed by atoms with Crippen molar-refractivity contribution >= 4 is 56.6 Å². The predicted octanol–water partition coefficient (Wildman–Crippen LogP) is 5.01. The van der Waals surface area contributed by atoms with Crippen molar-refractivity contribution in [3.05, 3.63) is 56.5 Å². The average molecular weight is 472 g/mol. The van der Waals surface area contributed by atoms with Gasteiger partial charge in [0, 0.05) is 23.1 Å². The van der Waals surface area contributed by atoms with E-state index >= 15 is 0 Å². The highest BCUT2D eigenvalue weighted by Gasteiger charge is 2.22. The summed E-state index contributed by atoms with van der Waals surface area (Å²) in [5.41, 5.74) is 0.797. The number of rotatable bonds is 5. The summed E-state index contributed by atoms with van der Waals surface area (Å²) in [6.45, 7) is 1.23. The van der Waals surface area contributed by atoms with E-state index in [1.165, 1.54) is 0 Å². The lowest BCUT2D eigenvalue weighted by atomic mass is 10.1. The number of anilines is 1. The summed E-state index contributed by atoms with van der Waals surface area (Å²) in [7, 11) is 0. The monoisotopic (exact) mass is 470 g/mol. The van der Waals surface area contributed by atoms with Crippen molar-refractivity contribution in [3.8, 4) is 5.75 Å². The van der Waals surface area contributed by atoms with Gasteiger partial charge in [-0.15, -0.1) is 0 Å². The number of benzene rings is 2. The van der Waals surface area contributed by atoms with Crippen molar-refractivity contribution in [1.82, 2.24) is 4.90 Å². The molecular formula is C19H17BrCl2N2O3. The van der Waals surface area contributed by atoms with E-state index < -0.39 is 5.91 Å². The van der Waals surface area contributed by atoms with Crippen LogP contribution < -0.4 is 10.1 Å². The zero-order valence-corrected chi connectivity index (χ0v) is 17.4. The Morgan fingerprint density at radius 2 is 1.74 bits per heavy atom. The van der Waals surface area contributed by atoms with Gasteiger partial charge < -0.3 is 15.0 Å². The van der Waals surface area contributed by atoms with Crippen molar-refractivity contribution in [2.75, 3.05) is 25.0 Å². The Bertz CT molecular complexity index is 870. The van der Waals surface area contributed by atoms with Crippen LogP contribution in [0.15, 0.2) is 40.9 Å². The molecule has 5 nitrogen and oxygen atoms in total. The minimum atomic E-state index is -0.394. The van der Waals surface area contributed by atoms with E-state index in [1.54, 1.807) is 41.3 Å². The summed E-state index contributed by atoms with van der Waals surface area (Å²) in [5.74, 6) is -0.00979. The smallest absolute Gasteiger partial charge is 0.262 e. The van der Waals surface area contributed by atoms with Crippen molar-refractivity contribution < 1.29 is 14.3 Å². The van der Waals surface area contributed by atoms with Gasteiger partial charge >= 0.3 is 0 Å². The lowest BCUT2D eigenvalue weighted by molar-refractivity contribution is -0.118. The first-order chi connectivity index (χ1) is 12.9. The van der Waals surface area contributed by atoms with Gasteiger partial charge in [0.05, 0.1) is 15.7 Å². The second-order valence-corrected chi connectivity index (χ2v) is 7.83. The van der Waals surface area contributed by atoms with E-state index in [2.05, 4.69) is 21.2 Å². The number of carbonyl (C=O) groups excluding carboxylic acids is 2. The first-order valence-corrected chi connectivity index (χ1v) is 9.95. The Balaban J connectivity index is 1.69. The lowest BCUT2D eigenvalue weighted by Gasteiger charge is -2.18. The van der Waals surface area contributed by atoms with E-state index in [9.17, 15) is 9.59 Å². The number of hydrogen-bond donors (Lipinski definition) is 1. The Hall–Kier alpha value is -1.76. The molecule has 0 aromatic heterocycles. The van der Waals surface area contributed by atoms with E-state index in [1.807, 2.05) is 0 Å². The molecule has 142 valence electrons. The molecule has 2 amide bonds. The Kier molecular flexibility index (Phi) is 6.63. The van der Waals surface area contributed by atoms with Gasteiger partial charge in [0.2, 0.25) is 0 Å². The van der Waals surface area contributed by atoms with Gasteiger partial charge in [-0.1, -0.05) is 23.2 Å². The predicted molar refractivity (Wildman–Crippen MR) is 110 cm³/mol. The third kappa shape index (κ3) is 5.15. The number of ether oxygens (including phenoxy) is 1. The molecule has 0 atom stereocenters. The van der Waals surface area contributed by atoms with Gasteiger partial charge in [-0.3, -0.25) is 9.59 Å². The average Bonchev–Trinajstić information content (AvgIpc) is 3.15. The highest BCUT2D eigenvalue weighted by Crippen LogP contribution is 2.28. The molecule has 0 bridgehead atoms. The fourth-order valence-electron chi connectivity index (χ4n) is 2.82. The number of nitrogens with zero attached hydrogens (tertiary/aromatic N) is 1. The molecule has 1 aliphatic heterocycles. The minimum absolute atomic E-state index is 0.110. The van der Waals surface area contributed by atoms with E-state index in [-0.39, 0.29) is 12.5 Å². The van der Waals surface area contributed by atoms with Crippen LogP contribution in [0.4, 0.5) is 5.69 Å². The quantitative estimate of drug-likeness (QED) is 0.666. The van der Waals surface area contributed by atoms with Gasteiger partial charge in [-0.2, -0.15) is 0 Å². The zero-order valence-electron chi connectivity index (χ0n) is 14.3. The molecule has 2 aromatic rings. The van der Waals surface area contributed by atoms with Crippen LogP contribution in [0.25, 0.3) is 0 Å². The van der Waals surface area contributed by atoms with Crippen molar-refractivity contribution in [1.29, 1.82) is 0 Å². The molecule has 1 fully saturated rings. The summed E-state index contributed by atoms with van der Waals surface area (Å²) >= 11 is 15.3. The molecule has 2 aromatic carbocycles. The molecule has 0 saturated carbocycles. The topological polar surface area (TPSA) is 58.6 Å². The highest BCUT2D eigenvalue weighted by molar-refractivity contribution is 9.10. The third-order valence-corrected chi connectivity index (χ3v) is 5.22. The Morgan fingerprint density at radius 3 is 2.44 bits per heavy atom. The van der Waals surface area contributed by atoms with Crippen LogP contribution in [0.2, 0.25) is 10.0 Å². The molecule has 1 N–H and O–H groups in total. The van der Waals surface area contributed by atoms with E-state index in [0.717, 1.165) is 25.9 Å². The molecule has 1 heterocycles. The molecule has 1 aliphatic rings. The molecule has 0 radical (unpaired) electrons. The first-order valence-electron chi connectivity index (χ1n) is 8.40. The molecular weight excluding hydrogens is 455 g/mol. The second-order valence-electron chi connectivity index (χ2n) is 6.10. The Morgan fingerprint density at radius 1 is 1.07 bits per heavy atom. The van der Waals surface area contributed by atoms with Crippen LogP contribution in [-0.4, -0.2) is 36.4 Å². The maximum Gasteiger partial charge on any atom is 0.262 e. The number of halogens is 3. The minimum Gasteiger partial charge on any atom is -0.483 e. The summed E-state index contributed by atoms with van der Waals surface area (Å²) in [6, 6.07) is 9.86. The van der Waals surface area contributed by atoms with Crippen molar-refractivity contribution in [2.45, 2.75) is 12.8 Å². The molecule has 1 saturated heterocycles. The number of hydrogen-bond acceptors (Lipinski definition) is 3. The van der Waals surface area contributed by atoms with Gasteiger partial charge in [-0.25, -0.2) is 0 Å². The number of likely N-dealkylation sites (tertiary alicyclic amines) is 1. The Labute approximate surface area is 175 Å². The first kappa shape index (κ1) is 20.0. The molecule has 0 unspecified atom stereocenters. The zero-order chi connectivity index (χ0) is 19.4. The largest absolute Gasteiger partial charge is 0.483 e. The SMILES string of the molecule is O=C(COc1ccc(Cl)cc1Br)Nc1cc(Cl)ccc1C(=O)N1CCCC1. The summed E-state index contributed by atoms with van der Waals surface area (Å²) in [5, 5.41) is 3.71. The fourth-order valence-corrected chi connectivity index (χ4v) is 3.79. The maximum atomic E-state index is 12.7. The maximum absolute atomic E-state index is 12.7. The van der Waals surface area contributed by atoms with E-state index in [0.29, 0.717) is 31.5 Å². The molecule has 3 rings (SSSR count). The molecule has 8 heteroatoms. The van der Waals surface area contributed by atoms with Crippen LogP contribution >= 0.6 is 39.1 Å². The summed E-state index contributed by atoms with van der Waals surface area (Å²) < 4.78 is 6.16. The van der Waals surface area contributed by atoms with Gasteiger partial charge in [0.25, 0.3) is 11.8 Å². The molecule has 0 spiro atoms. The second kappa shape index (κ2) is 8.95. The van der Waals surface area contributed by atoms with Gasteiger partial charge in [0.15, 0.2) is 6.61 Å². The van der Waals surface area contributed by atoms with Gasteiger partial charge in [-0.05, 0) is 65.2 Å². The van der Waals surface area contributed by atoms with Crippen molar-refractivity contribution in [3.63, 3.8) is 0 Å². The standard InChI is InChI=1S/C19H17BrCl2N2O3/c20-15-9-12(21)4-6-17(15)27-11-18(25)23-16-10-13(22)3-5-14(16)19(26)24-7-1-2-8-24/h3-6,9-10H,1-2,7-8,11H2,(H,23,25). The van der Waals surface area contributed by atoms with Crippen LogP contribution in [0.5, 0.6) is 5.75 Å². The lowest BCUT2D eigenvalue weighted by Crippen LogP contribution is -2.29. The number of amides is 2. The normalized spacial score (nSPS) is 13.5. The van der Waals surface area contributed by atoms with Crippen LogP contribution in [0, 0.1) is 0 Å². The molecule has 27 heavy (non-hydrogen) atoms. The van der Waals surface area contributed by atoms with Gasteiger partial charge in [0.1, 0.15) is 5.75 Å². The van der Waals surface area contributed by atoms with Crippen LogP contribution in [0.1, 0.15) is 23.2 Å². The van der Waals surface area contributed by atoms with Crippen LogP contribution in [0.3, 0.4) is 0 Å². The third-order valence-electron chi connectivity index (χ3n) is 4.13. The van der Waals surface area contributed by atoms with Crippen molar-refractivity contribution in [2.24, 2.45) is 0 Å². The van der Waals surface area contributed by atoms with E-state index in [4.69, 9.17) is 27.9 Å². The summed E-state index contributed by atoms with van der Waals surface area (Å²) in [4.78, 5) is 26.8. The summed E-state index contributed by atoms with van der Waals surface area (Å²) in [6.07, 6.45) is 1.98. The highest BCUT2D eigenvalue weighted by atomic mass is 79.9. The number of nitrogens with one attached hydrogen (secondary N) is 1.